The van der Waals surface area contributed by atoms with E-state index < -0.39 is 0 Å². The third-order valence-electron chi connectivity index (χ3n) is 2.52. The second kappa shape index (κ2) is 5.48. The molecule has 0 aliphatic carbocycles. The number of pyridine rings is 1. The first-order valence-electron chi connectivity index (χ1n) is 5.92. The largest absolute Gasteiger partial charge is 0.353 e. The number of imidazole rings is 1. The highest BCUT2D eigenvalue weighted by Crippen LogP contribution is 2.08. The molecule has 0 amide bonds. The molecule has 2 aromatic heterocycles. The Balaban J connectivity index is 1.97. The van der Waals surface area contributed by atoms with Crippen molar-refractivity contribution in [3.63, 3.8) is 0 Å². The molecule has 0 aromatic carbocycles. The van der Waals surface area contributed by atoms with Gasteiger partial charge >= 0.3 is 0 Å². The highest BCUT2D eigenvalue weighted by molar-refractivity contribution is 5.27. The quantitative estimate of drug-likeness (QED) is 0.857. The highest BCUT2D eigenvalue weighted by atomic mass is 15.2. The van der Waals surface area contributed by atoms with Crippen molar-refractivity contribution in [2.24, 2.45) is 0 Å². The summed E-state index contributed by atoms with van der Waals surface area (Å²) in [7, 11) is 0. The van der Waals surface area contributed by atoms with Crippen molar-refractivity contribution in [1.82, 2.24) is 14.5 Å². The van der Waals surface area contributed by atoms with E-state index in [0.717, 1.165) is 18.9 Å². The smallest absolute Gasteiger partial charge is 0.202 e. The topological polar surface area (TPSA) is 42.7 Å². The third kappa shape index (κ3) is 3.31. The molecule has 1 N–H and O–H groups in total. The third-order valence-corrected chi connectivity index (χ3v) is 2.52. The maximum atomic E-state index is 4.31. The van der Waals surface area contributed by atoms with Crippen molar-refractivity contribution in [1.29, 1.82) is 0 Å². The molecule has 90 valence electrons. The van der Waals surface area contributed by atoms with E-state index in [-0.39, 0.29) is 0 Å². The Morgan fingerprint density at radius 3 is 2.71 bits per heavy atom. The number of nitrogens with zero attached hydrogens (tertiary/aromatic N) is 3. The van der Waals surface area contributed by atoms with Crippen LogP contribution in [0.15, 0.2) is 36.9 Å². The summed E-state index contributed by atoms with van der Waals surface area (Å²) >= 11 is 0. The Kier molecular flexibility index (Phi) is 3.75. The minimum atomic E-state index is 0.400. The van der Waals surface area contributed by atoms with E-state index >= 15 is 0 Å². The summed E-state index contributed by atoms with van der Waals surface area (Å²) in [4.78, 5) is 8.32. The number of hydrogen-bond donors (Lipinski definition) is 1. The molecule has 0 fully saturated rings. The molecular formula is C13H18N4. The Morgan fingerprint density at radius 2 is 2.00 bits per heavy atom. The fraction of sp³-hybridized carbons (Fsp3) is 0.385. The summed E-state index contributed by atoms with van der Waals surface area (Å²) in [6.45, 7) is 5.16. The summed E-state index contributed by atoms with van der Waals surface area (Å²) < 4.78 is 2.14. The van der Waals surface area contributed by atoms with Crippen molar-refractivity contribution in [3.05, 3.63) is 42.5 Å². The van der Waals surface area contributed by atoms with Gasteiger partial charge in [-0.25, -0.2) is 4.98 Å². The fourth-order valence-corrected chi connectivity index (χ4v) is 1.69. The number of aryl methyl sites for hydroxylation is 2. The summed E-state index contributed by atoms with van der Waals surface area (Å²) in [6, 6.07) is 4.50. The van der Waals surface area contributed by atoms with E-state index in [1.807, 2.05) is 36.9 Å². The van der Waals surface area contributed by atoms with Crippen LogP contribution in [-0.4, -0.2) is 20.6 Å². The zero-order valence-corrected chi connectivity index (χ0v) is 10.3. The molecule has 0 aliphatic heterocycles. The van der Waals surface area contributed by atoms with E-state index in [9.17, 15) is 0 Å². The Morgan fingerprint density at radius 1 is 1.24 bits per heavy atom. The molecule has 4 nitrogen and oxygen atoms in total. The van der Waals surface area contributed by atoms with Crippen LogP contribution in [0.4, 0.5) is 5.95 Å². The molecule has 0 unspecified atom stereocenters. The summed E-state index contributed by atoms with van der Waals surface area (Å²) in [5.74, 6) is 0.939. The normalized spacial score (nSPS) is 10.8. The zero-order valence-electron chi connectivity index (χ0n) is 10.3. The van der Waals surface area contributed by atoms with Gasteiger partial charge in [0.1, 0.15) is 0 Å². The number of anilines is 1. The lowest BCUT2D eigenvalue weighted by molar-refractivity contribution is 0.691. The van der Waals surface area contributed by atoms with Gasteiger partial charge in [-0.3, -0.25) is 4.98 Å². The van der Waals surface area contributed by atoms with Crippen molar-refractivity contribution >= 4 is 5.95 Å². The van der Waals surface area contributed by atoms with Crippen LogP contribution >= 0.6 is 0 Å². The van der Waals surface area contributed by atoms with Crippen molar-refractivity contribution < 1.29 is 0 Å². The van der Waals surface area contributed by atoms with Crippen molar-refractivity contribution in [2.75, 3.05) is 5.32 Å². The van der Waals surface area contributed by atoms with Gasteiger partial charge in [-0.2, -0.15) is 0 Å². The second-order valence-electron chi connectivity index (χ2n) is 4.35. The molecular weight excluding hydrogens is 212 g/mol. The molecule has 17 heavy (non-hydrogen) atoms. The van der Waals surface area contributed by atoms with Gasteiger partial charge in [-0.1, -0.05) is 0 Å². The first kappa shape index (κ1) is 11.6. The molecule has 2 rings (SSSR count). The average Bonchev–Trinajstić information content (AvgIpc) is 2.74. The highest BCUT2D eigenvalue weighted by Gasteiger charge is 2.03. The summed E-state index contributed by atoms with van der Waals surface area (Å²) in [6.07, 6.45) is 8.49. The van der Waals surface area contributed by atoms with Crippen LogP contribution in [0.3, 0.4) is 0 Å². The molecule has 0 saturated heterocycles. The number of nitrogens with one attached hydrogen (secondary N) is 1. The molecule has 0 aliphatic rings. The lowest BCUT2D eigenvalue weighted by Gasteiger charge is -2.12. The first-order valence-corrected chi connectivity index (χ1v) is 5.92. The standard InChI is InChI=1S/C13H18N4/c1-11(2)16-13-15-8-10-17(13)9-5-12-3-6-14-7-4-12/h3-4,6-8,10-11H,5,9H2,1-2H3,(H,15,16). The molecule has 4 heteroatoms. The van der Waals surface area contributed by atoms with Crippen LogP contribution in [0.2, 0.25) is 0 Å². The second-order valence-corrected chi connectivity index (χ2v) is 4.35. The molecule has 0 radical (unpaired) electrons. The Bertz CT molecular complexity index is 447. The van der Waals surface area contributed by atoms with Crippen LogP contribution in [-0.2, 0) is 13.0 Å². The van der Waals surface area contributed by atoms with Crippen LogP contribution < -0.4 is 5.32 Å². The van der Waals surface area contributed by atoms with Crippen molar-refractivity contribution in [2.45, 2.75) is 32.9 Å². The average molecular weight is 230 g/mol. The lowest BCUT2D eigenvalue weighted by Crippen LogP contribution is -2.15. The van der Waals surface area contributed by atoms with Gasteiger partial charge < -0.3 is 9.88 Å². The van der Waals surface area contributed by atoms with Crippen LogP contribution in [0.5, 0.6) is 0 Å². The minimum absolute atomic E-state index is 0.400. The van der Waals surface area contributed by atoms with Gasteiger partial charge in [0, 0.05) is 37.4 Å². The number of rotatable bonds is 5. The van der Waals surface area contributed by atoms with E-state index in [2.05, 4.69) is 33.7 Å². The minimum Gasteiger partial charge on any atom is -0.353 e. The van der Waals surface area contributed by atoms with Crippen LogP contribution in [0, 0.1) is 0 Å². The lowest BCUT2D eigenvalue weighted by atomic mass is 10.2. The van der Waals surface area contributed by atoms with E-state index in [1.165, 1.54) is 5.56 Å². The molecule has 2 aromatic rings. The molecule has 0 atom stereocenters. The monoisotopic (exact) mass is 230 g/mol. The van der Waals surface area contributed by atoms with E-state index in [1.54, 1.807) is 0 Å². The van der Waals surface area contributed by atoms with Gasteiger partial charge in [0.15, 0.2) is 0 Å². The van der Waals surface area contributed by atoms with Gasteiger partial charge in [0.05, 0.1) is 0 Å². The number of hydrogen-bond acceptors (Lipinski definition) is 3. The predicted molar refractivity (Wildman–Crippen MR) is 68.9 cm³/mol. The van der Waals surface area contributed by atoms with Gasteiger partial charge in [0.25, 0.3) is 0 Å². The van der Waals surface area contributed by atoms with Gasteiger partial charge in [-0.15, -0.1) is 0 Å². The Hall–Kier alpha value is -1.84. The molecule has 0 saturated carbocycles. The maximum absolute atomic E-state index is 4.31. The van der Waals surface area contributed by atoms with E-state index in [0.29, 0.717) is 6.04 Å². The number of aromatic nitrogens is 3. The maximum Gasteiger partial charge on any atom is 0.202 e. The van der Waals surface area contributed by atoms with Gasteiger partial charge in [0.2, 0.25) is 5.95 Å². The molecule has 0 bridgehead atoms. The van der Waals surface area contributed by atoms with Crippen LogP contribution in [0.1, 0.15) is 19.4 Å². The SMILES string of the molecule is CC(C)Nc1nccn1CCc1ccncc1. The van der Waals surface area contributed by atoms with Crippen molar-refractivity contribution in [3.8, 4) is 0 Å². The van der Waals surface area contributed by atoms with Crippen LogP contribution in [0.25, 0.3) is 0 Å². The van der Waals surface area contributed by atoms with Gasteiger partial charge in [-0.05, 0) is 38.0 Å². The zero-order chi connectivity index (χ0) is 12.1. The fourth-order valence-electron chi connectivity index (χ4n) is 1.69. The van der Waals surface area contributed by atoms with E-state index in [4.69, 9.17) is 0 Å². The summed E-state index contributed by atoms with van der Waals surface area (Å²) in [5.41, 5.74) is 1.30. The first-order chi connectivity index (χ1) is 8.25. The predicted octanol–water partition coefficient (Wildman–Crippen LogP) is 2.34. The summed E-state index contributed by atoms with van der Waals surface area (Å²) in [5, 5.41) is 3.33. The Labute approximate surface area is 102 Å². The molecule has 0 spiro atoms. The molecule has 2 heterocycles.